The molecule has 0 aliphatic rings. The smallest absolute Gasteiger partial charge is 0.262 e. The molecule has 0 aliphatic heterocycles. The molecule has 2 rings (SSSR count). The van der Waals surface area contributed by atoms with E-state index >= 15 is 0 Å². The van der Waals surface area contributed by atoms with Crippen molar-refractivity contribution >= 4 is 54.8 Å². The SMILES string of the molecule is NCc1ccccc1S(=O)(=O)Nc1ccc(Br)c(Cl)c1Cl. The second-order valence-electron chi connectivity index (χ2n) is 4.14. The van der Waals surface area contributed by atoms with E-state index in [2.05, 4.69) is 20.7 Å². The number of halogens is 3. The van der Waals surface area contributed by atoms with Gasteiger partial charge in [-0.3, -0.25) is 4.72 Å². The van der Waals surface area contributed by atoms with Crippen molar-refractivity contribution in [1.82, 2.24) is 0 Å². The molecule has 0 aromatic heterocycles. The van der Waals surface area contributed by atoms with Crippen LogP contribution in [0.25, 0.3) is 0 Å². The number of hydrogen-bond donors (Lipinski definition) is 2. The molecule has 0 spiro atoms. The molecule has 2 aromatic rings. The number of anilines is 1. The lowest BCUT2D eigenvalue weighted by molar-refractivity contribution is 0.600. The highest BCUT2D eigenvalue weighted by Gasteiger charge is 2.20. The Balaban J connectivity index is 2.45. The number of nitrogens with two attached hydrogens (primary N) is 1. The Morgan fingerprint density at radius 2 is 1.76 bits per heavy atom. The van der Waals surface area contributed by atoms with Gasteiger partial charge in [-0.1, -0.05) is 41.4 Å². The molecule has 0 aliphatic carbocycles. The van der Waals surface area contributed by atoms with Crippen LogP contribution in [0.4, 0.5) is 5.69 Å². The van der Waals surface area contributed by atoms with Gasteiger partial charge in [-0.05, 0) is 39.7 Å². The van der Waals surface area contributed by atoms with Crippen LogP contribution in [0.5, 0.6) is 0 Å². The Morgan fingerprint density at radius 3 is 2.43 bits per heavy atom. The second-order valence-corrected chi connectivity index (χ2v) is 7.40. The van der Waals surface area contributed by atoms with Gasteiger partial charge in [-0.15, -0.1) is 0 Å². The van der Waals surface area contributed by atoms with Gasteiger partial charge in [-0.25, -0.2) is 8.42 Å². The number of benzene rings is 2. The number of nitrogens with one attached hydrogen (secondary N) is 1. The van der Waals surface area contributed by atoms with Crippen LogP contribution in [0.15, 0.2) is 45.8 Å². The van der Waals surface area contributed by atoms with Crippen LogP contribution in [0.3, 0.4) is 0 Å². The van der Waals surface area contributed by atoms with E-state index in [-0.39, 0.29) is 27.2 Å². The fourth-order valence-electron chi connectivity index (χ4n) is 1.74. The largest absolute Gasteiger partial charge is 0.326 e. The van der Waals surface area contributed by atoms with Crippen LogP contribution >= 0.6 is 39.1 Å². The van der Waals surface area contributed by atoms with Gasteiger partial charge < -0.3 is 5.73 Å². The molecular weight excluding hydrogens is 399 g/mol. The lowest BCUT2D eigenvalue weighted by Gasteiger charge is -2.13. The summed E-state index contributed by atoms with van der Waals surface area (Å²) in [5, 5.41) is 0.365. The molecule has 0 fully saturated rings. The van der Waals surface area contributed by atoms with Gasteiger partial charge in [-0.2, -0.15) is 0 Å². The summed E-state index contributed by atoms with van der Waals surface area (Å²) in [6.45, 7) is 0.117. The van der Waals surface area contributed by atoms with Crippen LogP contribution in [-0.2, 0) is 16.6 Å². The molecule has 4 nitrogen and oxygen atoms in total. The van der Waals surface area contributed by atoms with Gasteiger partial charge in [0.2, 0.25) is 0 Å². The minimum Gasteiger partial charge on any atom is -0.326 e. The molecular formula is C13H11BrCl2N2O2S. The highest BCUT2D eigenvalue weighted by Crippen LogP contribution is 2.36. The fraction of sp³-hybridized carbons (Fsp3) is 0.0769. The number of hydrogen-bond acceptors (Lipinski definition) is 3. The Bertz CT molecular complexity index is 782. The summed E-state index contributed by atoms with van der Waals surface area (Å²) in [6, 6.07) is 9.64. The third-order valence-corrected chi connectivity index (χ3v) is 6.00. The average molecular weight is 410 g/mol. The van der Waals surface area contributed by atoms with Gasteiger partial charge in [0, 0.05) is 11.0 Å². The monoisotopic (exact) mass is 408 g/mol. The summed E-state index contributed by atoms with van der Waals surface area (Å²) in [7, 11) is -3.80. The molecule has 0 atom stereocenters. The lowest BCUT2D eigenvalue weighted by atomic mass is 10.2. The maximum absolute atomic E-state index is 12.4. The Morgan fingerprint density at radius 1 is 1.10 bits per heavy atom. The zero-order valence-corrected chi connectivity index (χ0v) is 14.5. The maximum Gasteiger partial charge on any atom is 0.262 e. The average Bonchev–Trinajstić information content (AvgIpc) is 2.48. The standard InChI is InChI=1S/C13H11BrCl2N2O2S/c14-9-5-6-10(13(16)12(9)15)18-21(19,20)11-4-2-1-3-8(11)7-17/h1-6,18H,7,17H2. The van der Waals surface area contributed by atoms with Crippen molar-refractivity contribution in [3.8, 4) is 0 Å². The van der Waals surface area contributed by atoms with Gasteiger partial charge in [0.05, 0.1) is 20.6 Å². The first-order valence-corrected chi connectivity index (χ1v) is 8.84. The molecule has 0 saturated heterocycles. The molecule has 0 amide bonds. The first-order valence-electron chi connectivity index (χ1n) is 5.81. The quantitative estimate of drug-likeness (QED) is 0.749. The Labute approximate surface area is 141 Å². The minimum atomic E-state index is -3.80. The first kappa shape index (κ1) is 16.6. The maximum atomic E-state index is 12.4. The summed E-state index contributed by atoms with van der Waals surface area (Å²) in [6.07, 6.45) is 0. The summed E-state index contributed by atoms with van der Waals surface area (Å²) >= 11 is 15.3. The third-order valence-electron chi connectivity index (χ3n) is 2.76. The molecule has 0 heterocycles. The number of sulfonamides is 1. The molecule has 8 heteroatoms. The van der Waals surface area contributed by atoms with Crippen molar-refractivity contribution in [2.45, 2.75) is 11.4 Å². The topological polar surface area (TPSA) is 72.2 Å². The molecule has 21 heavy (non-hydrogen) atoms. The minimum absolute atomic E-state index is 0.114. The van der Waals surface area contributed by atoms with Gasteiger partial charge in [0.25, 0.3) is 10.0 Å². The molecule has 0 saturated carbocycles. The number of rotatable bonds is 4. The third kappa shape index (κ3) is 3.52. The van der Waals surface area contributed by atoms with Gasteiger partial charge >= 0.3 is 0 Å². The molecule has 2 aromatic carbocycles. The predicted octanol–water partition coefficient (Wildman–Crippen LogP) is 4.02. The predicted molar refractivity (Wildman–Crippen MR) is 89.3 cm³/mol. The van der Waals surface area contributed by atoms with E-state index in [1.807, 2.05) is 0 Å². The van der Waals surface area contributed by atoms with Crippen molar-refractivity contribution in [3.63, 3.8) is 0 Å². The molecule has 112 valence electrons. The van der Waals surface area contributed by atoms with Gasteiger partial charge in [0.1, 0.15) is 0 Å². The van der Waals surface area contributed by atoms with E-state index in [1.165, 1.54) is 12.1 Å². The summed E-state index contributed by atoms with van der Waals surface area (Å²) in [4.78, 5) is 0.114. The highest BCUT2D eigenvalue weighted by molar-refractivity contribution is 9.10. The van der Waals surface area contributed by atoms with E-state index < -0.39 is 10.0 Å². The normalized spacial score (nSPS) is 11.4. The van der Waals surface area contributed by atoms with Crippen molar-refractivity contribution in [3.05, 3.63) is 56.5 Å². The van der Waals surface area contributed by atoms with Crippen LogP contribution < -0.4 is 10.5 Å². The van der Waals surface area contributed by atoms with Crippen molar-refractivity contribution in [2.75, 3.05) is 4.72 Å². The molecule has 0 unspecified atom stereocenters. The van der Waals surface area contributed by atoms with Crippen LogP contribution in [0.2, 0.25) is 10.0 Å². The van der Waals surface area contributed by atoms with Crippen molar-refractivity contribution < 1.29 is 8.42 Å². The van der Waals surface area contributed by atoms with Crippen LogP contribution in [0, 0.1) is 0 Å². The fourth-order valence-corrected chi connectivity index (χ4v) is 3.94. The van der Waals surface area contributed by atoms with Crippen LogP contribution in [0.1, 0.15) is 5.56 Å². The zero-order chi connectivity index (χ0) is 15.6. The molecule has 0 radical (unpaired) electrons. The first-order chi connectivity index (χ1) is 9.86. The molecule has 3 N–H and O–H groups in total. The van der Waals surface area contributed by atoms with E-state index in [0.717, 1.165) is 0 Å². The highest BCUT2D eigenvalue weighted by atomic mass is 79.9. The van der Waals surface area contributed by atoms with Gasteiger partial charge in [0.15, 0.2) is 0 Å². The molecule has 0 bridgehead atoms. The zero-order valence-electron chi connectivity index (χ0n) is 10.6. The Hall–Kier alpha value is -0.790. The summed E-state index contributed by atoms with van der Waals surface area (Å²) in [5.41, 5.74) is 6.29. The van der Waals surface area contributed by atoms with E-state index in [9.17, 15) is 8.42 Å². The van der Waals surface area contributed by atoms with Crippen LogP contribution in [-0.4, -0.2) is 8.42 Å². The van der Waals surface area contributed by atoms with Crippen molar-refractivity contribution in [1.29, 1.82) is 0 Å². The van der Waals surface area contributed by atoms with Crippen molar-refractivity contribution in [2.24, 2.45) is 5.73 Å². The van der Waals surface area contributed by atoms with E-state index in [1.54, 1.807) is 24.3 Å². The second kappa shape index (κ2) is 6.54. The lowest BCUT2D eigenvalue weighted by Crippen LogP contribution is -2.16. The Kier molecular flexibility index (Phi) is 5.16. The summed E-state index contributed by atoms with van der Waals surface area (Å²) in [5.74, 6) is 0. The van der Waals surface area contributed by atoms with E-state index in [4.69, 9.17) is 28.9 Å². The van der Waals surface area contributed by atoms with E-state index in [0.29, 0.717) is 10.0 Å². The summed E-state index contributed by atoms with van der Waals surface area (Å²) < 4.78 is 27.9.